The molecule has 7 heteroatoms. The molecule has 0 saturated carbocycles. The number of carboxylic acids is 2. The second kappa shape index (κ2) is 3.27. The van der Waals surface area contributed by atoms with E-state index >= 15 is 0 Å². The lowest BCUT2D eigenvalue weighted by molar-refractivity contribution is -0.157. The predicted molar refractivity (Wildman–Crippen MR) is 50.0 cm³/mol. The highest BCUT2D eigenvalue weighted by atomic mass is 32.2. The summed E-state index contributed by atoms with van der Waals surface area (Å²) >= 11 is 1.17. The van der Waals surface area contributed by atoms with Gasteiger partial charge in [-0.05, 0) is 5.41 Å². The van der Waals surface area contributed by atoms with Gasteiger partial charge >= 0.3 is 11.9 Å². The van der Waals surface area contributed by atoms with E-state index in [1.54, 1.807) is 0 Å². The molecule has 15 heavy (non-hydrogen) atoms. The summed E-state index contributed by atoms with van der Waals surface area (Å²) in [5.41, 5.74) is -0.253. The number of hydrogen-bond acceptors (Lipinski definition) is 4. The second-order valence-corrected chi connectivity index (χ2v) is 4.27. The fraction of sp³-hybridized carbons (Fsp3) is 0.375. The zero-order chi connectivity index (χ0) is 11.2. The van der Waals surface area contributed by atoms with Gasteiger partial charge in [0.15, 0.2) is 6.04 Å². The van der Waals surface area contributed by atoms with Crippen molar-refractivity contribution in [1.29, 1.82) is 0 Å². The maximum Gasteiger partial charge on any atom is 0.334 e. The fourth-order valence-corrected chi connectivity index (χ4v) is 2.75. The Morgan fingerprint density at radius 3 is 2.60 bits per heavy atom. The van der Waals surface area contributed by atoms with Crippen LogP contribution in [0.1, 0.15) is 6.42 Å². The Morgan fingerprint density at radius 1 is 1.47 bits per heavy atom. The molecular formula is C8H7NO5S. The van der Waals surface area contributed by atoms with Gasteiger partial charge in [-0.1, -0.05) is 0 Å². The number of hydrogen-bond donors (Lipinski definition) is 2. The molecule has 2 rings (SSSR count). The number of aliphatic carboxylic acids is 2. The van der Waals surface area contributed by atoms with Crippen LogP contribution in [0.3, 0.4) is 0 Å². The minimum absolute atomic E-state index is 0.221. The third kappa shape index (κ3) is 1.39. The number of carboxylic acid groups (broad SMARTS) is 2. The first-order valence-corrected chi connectivity index (χ1v) is 5.09. The number of carbonyl (C=O) groups is 3. The van der Waals surface area contributed by atoms with Gasteiger partial charge in [0.05, 0.1) is 17.4 Å². The number of thioether (sulfide) groups is 1. The molecule has 1 unspecified atom stereocenters. The average Bonchev–Trinajstić information content (AvgIpc) is 2.14. The van der Waals surface area contributed by atoms with Gasteiger partial charge in [-0.25, -0.2) is 9.59 Å². The summed E-state index contributed by atoms with van der Waals surface area (Å²) in [4.78, 5) is 34.0. The molecule has 6 nitrogen and oxygen atoms in total. The van der Waals surface area contributed by atoms with Crippen LogP contribution in [0, 0.1) is 0 Å². The normalized spacial score (nSPS) is 28.9. The molecule has 0 aromatic rings. The van der Waals surface area contributed by atoms with Crippen LogP contribution >= 0.6 is 11.8 Å². The summed E-state index contributed by atoms with van der Waals surface area (Å²) in [6.07, 6.45) is 0.276. The molecule has 0 aromatic heterocycles. The number of nitrogens with zero attached hydrogens (tertiary/aromatic N) is 1. The monoisotopic (exact) mass is 229 g/mol. The van der Waals surface area contributed by atoms with Gasteiger partial charge in [0.25, 0.3) is 0 Å². The SMILES string of the molecule is O=C(O)C1=CS[C@H]2CC(=O)N2C1C(=O)O. The minimum atomic E-state index is -1.34. The van der Waals surface area contributed by atoms with E-state index in [0.717, 1.165) is 4.90 Å². The molecule has 0 aromatic carbocycles. The molecule has 2 aliphatic heterocycles. The fourth-order valence-electron chi connectivity index (χ4n) is 1.61. The van der Waals surface area contributed by atoms with E-state index in [4.69, 9.17) is 10.2 Å². The Kier molecular flexibility index (Phi) is 2.18. The van der Waals surface area contributed by atoms with Crippen molar-refractivity contribution >= 4 is 29.6 Å². The molecule has 80 valence electrons. The van der Waals surface area contributed by atoms with Crippen molar-refractivity contribution in [3.05, 3.63) is 11.0 Å². The van der Waals surface area contributed by atoms with Crippen LogP contribution in [0.25, 0.3) is 0 Å². The Balaban J connectivity index is 2.36. The van der Waals surface area contributed by atoms with E-state index in [0.29, 0.717) is 0 Å². The maximum absolute atomic E-state index is 11.2. The molecule has 0 spiro atoms. The summed E-state index contributed by atoms with van der Waals surface area (Å²) in [5, 5.41) is 18.8. The third-order valence-corrected chi connectivity index (χ3v) is 3.45. The molecule has 0 bridgehead atoms. The van der Waals surface area contributed by atoms with Crippen molar-refractivity contribution in [2.24, 2.45) is 0 Å². The van der Waals surface area contributed by atoms with Crippen LogP contribution in [-0.4, -0.2) is 44.4 Å². The van der Waals surface area contributed by atoms with Gasteiger partial charge in [-0.3, -0.25) is 4.79 Å². The molecule has 0 radical (unpaired) electrons. The standard InChI is InChI=1S/C8H7NO5S/c10-4-1-5-9(4)6(8(13)14)3(2-15-5)7(11)12/h2,5-6H,1H2,(H,11,12)(H,13,14)/t5-,6?/m0/s1. The zero-order valence-corrected chi connectivity index (χ0v) is 8.23. The number of fused-ring (bicyclic) bond motifs is 1. The van der Waals surface area contributed by atoms with E-state index in [9.17, 15) is 14.4 Å². The quantitative estimate of drug-likeness (QED) is 0.632. The van der Waals surface area contributed by atoms with Crippen molar-refractivity contribution in [2.45, 2.75) is 17.8 Å². The van der Waals surface area contributed by atoms with E-state index in [1.165, 1.54) is 17.2 Å². The molecule has 2 atom stereocenters. The van der Waals surface area contributed by atoms with Crippen LogP contribution in [-0.2, 0) is 14.4 Å². The van der Waals surface area contributed by atoms with Crippen LogP contribution in [0.2, 0.25) is 0 Å². The average molecular weight is 229 g/mol. The van der Waals surface area contributed by atoms with E-state index in [1.807, 2.05) is 0 Å². The second-order valence-electron chi connectivity index (χ2n) is 3.21. The molecule has 1 saturated heterocycles. The van der Waals surface area contributed by atoms with Gasteiger partial charge in [0.1, 0.15) is 0 Å². The van der Waals surface area contributed by atoms with Gasteiger partial charge in [0.2, 0.25) is 5.91 Å². The highest BCUT2D eigenvalue weighted by Gasteiger charge is 2.49. The van der Waals surface area contributed by atoms with Crippen molar-refractivity contribution in [2.75, 3.05) is 0 Å². The molecular weight excluding hydrogens is 222 g/mol. The molecule has 1 amide bonds. The first-order chi connectivity index (χ1) is 7.02. The van der Waals surface area contributed by atoms with Gasteiger partial charge in [0, 0.05) is 0 Å². The molecule has 0 aliphatic carbocycles. The molecule has 2 N–H and O–H groups in total. The van der Waals surface area contributed by atoms with Gasteiger partial charge in [-0.2, -0.15) is 0 Å². The van der Waals surface area contributed by atoms with Crippen LogP contribution in [0.15, 0.2) is 11.0 Å². The topological polar surface area (TPSA) is 94.9 Å². The lowest BCUT2D eigenvalue weighted by atomic mass is 10.0. The summed E-state index contributed by atoms with van der Waals surface area (Å²) in [6.45, 7) is 0. The highest BCUT2D eigenvalue weighted by Crippen LogP contribution is 2.39. The van der Waals surface area contributed by atoms with Gasteiger partial charge in [-0.15, -0.1) is 11.8 Å². The van der Waals surface area contributed by atoms with Crippen LogP contribution < -0.4 is 0 Å². The van der Waals surface area contributed by atoms with Crippen molar-refractivity contribution in [3.8, 4) is 0 Å². The summed E-state index contributed by atoms with van der Waals surface area (Å²) in [7, 11) is 0. The molecule has 2 aliphatic rings. The lowest BCUT2D eigenvalue weighted by Gasteiger charge is -2.45. The first kappa shape index (κ1) is 10.0. The Bertz CT molecular complexity index is 390. The van der Waals surface area contributed by atoms with Crippen LogP contribution in [0.5, 0.6) is 0 Å². The largest absolute Gasteiger partial charge is 0.479 e. The van der Waals surface area contributed by atoms with Crippen LogP contribution in [0.4, 0.5) is 0 Å². The van der Waals surface area contributed by atoms with Crippen molar-refractivity contribution in [3.63, 3.8) is 0 Å². The molecule has 2 heterocycles. The zero-order valence-electron chi connectivity index (χ0n) is 7.41. The summed E-state index contributed by atoms with van der Waals surface area (Å²) in [5.74, 6) is -2.91. The van der Waals surface area contributed by atoms with Gasteiger partial charge < -0.3 is 15.1 Å². The predicted octanol–water partition coefficient (Wildman–Crippen LogP) is -0.287. The van der Waals surface area contributed by atoms with Crippen molar-refractivity contribution < 1.29 is 24.6 Å². The minimum Gasteiger partial charge on any atom is -0.479 e. The maximum atomic E-state index is 11.2. The Labute approximate surface area is 88.5 Å². The lowest BCUT2D eigenvalue weighted by Crippen LogP contribution is -2.61. The molecule has 1 fully saturated rings. The number of amides is 1. The van der Waals surface area contributed by atoms with E-state index in [-0.39, 0.29) is 23.3 Å². The van der Waals surface area contributed by atoms with E-state index < -0.39 is 18.0 Å². The Morgan fingerprint density at radius 2 is 2.13 bits per heavy atom. The summed E-state index contributed by atoms with van der Waals surface area (Å²) < 4.78 is 0. The van der Waals surface area contributed by atoms with Crippen molar-refractivity contribution in [1.82, 2.24) is 4.90 Å². The third-order valence-electron chi connectivity index (χ3n) is 2.35. The number of β-lactam (4-membered cyclic amide) rings is 1. The smallest absolute Gasteiger partial charge is 0.334 e. The number of rotatable bonds is 2. The highest BCUT2D eigenvalue weighted by molar-refractivity contribution is 8.02. The first-order valence-electron chi connectivity index (χ1n) is 4.15. The van der Waals surface area contributed by atoms with E-state index in [2.05, 4.69) is 0 Å². The summed E-state index contributed by atoms with van der Waals surface area (Å²) in [6, 6.07) is -1.34. The number of carbonyl (C=O) groups excluding carboxylic acids is 1. The Hall–Kier alpha value is -1.50.